The lowest BCUT2D eigenvalue weighted by molar-refractivity contribution is 0.292. The Labute approximate surface area is 139 Å². The number of aryl methyl sites for hydroxylation is 1. The van der Waals surface area contributed by atoms with E-state index in [-0.39, 0.29) is 0 Å². The van der Waals surface area contributed by atoms with Gasteiger partial charge >= 0.3 is 0 Å². The molecule has 0 fully saturated rings. The summed E-state index contributed by atoms with van der Waals surface area (Å²) in [6.45, 7) is 15.1. The van der Waals surface area contributed by atoms with Gasteiger partial charge in [-0.05, 0) is 53.2 Å². The number of guanidine groups is 1. The minimum atomic E-state index is 0.368. The van der Waals surface area contributed by atoms with Gasteiger partial charge in [-0.3, -0.25) is 0 Å². The highest BCUT2D eigenvalue weighted by molar-refractivity contribution is 5.79. The second-order valence-corrected chi connectivity index (χ2v) is 5.64. The van der Waals surface area contributed by atoms with Crippen LogP contribution in [0.3, 0.4) is 0 Å². The van der Waals surface area contributed by atoms with Crippen LogP contribution in [0.4, 0.5) is 0 Å². The Morgan fingerprint density at radius 3 is 2.61 bits per heavy atom. The van der Waals surface area contributed by atoms with Crippen LogP contribution in [0.15, 0.2) is 9.52 Å². The Kier molecular flexibility index (Phi) is 9.28. The Hall–Kier alpha value is -1.63. The predicted octanol–water partition coefficient (Wildman–Crippen LogP) is 1.94. The molecule has 1 unspecified atom stereocenters. The molecule has 0 saturated heterocycles. The van der Waals surface area contributed by atoms with Gasteiger partial charge in [0.25, 0.3) is 0 Å². The summed E-state index contributed by atoms with van der Waals surface area (Å²) in [6.07, 6.45) is 2.29. The van der Waals surface area contributed by atoms with E-state index < -0.39 is 0 Å². The van der Waals surface area contributed by atoms with Gasteiger partial charge in [0.15, 0.2) is 11.8 Å². The smallest absolute Gasteiger partial charge is 0.248 e. The molecule has 132 valence electrons. The lowest BCUT2D eigenvalue weighted by Gasteiger charge is -2.21. The van der Waals surface area contributed by atoms with Gasteiger partial charge in [0.1, 0.15) is 6.54 Å². The molecule has 0 spiro atoms. The first-order valence-electron chi connectivity index (χ1n) is 8.65. The number of hydrogen-bond acceptors (Lipinski definition) is 5. The highest BCUT2D eigenvalue weighted by Crippen LogP contribution is 2.01. The average Bonchev–Trinajstić information content (AvgIpc) is 2.95. The van der Waals surface area contributed by atoms with Crippen LogP contribution < -0.4 is 10.6 Å². The highest BCUT2D eigenvalue weighted by Gasteiger charge is 2.07. The second kappa shape index (κ2) is 11.0. The topological polar surface area (TPSA) is 78.6 Å². The Morgan fingerprint density at radius 2 is 2.04 bits per heavy atom. The first-order chi connectivity index (χ1) is 11.1. The molecule has 2 N–H and O–H groups in total. The average molecular weight is 324 g/mol. The van der Waals surface area contributed by atoms with E-state index >= 15 is 0 Å². The lowest BCUT2D eigenvalue weighted by atomic mass is 10.2. The van der Waals surface area contributed by atoms with Crippen LogP contribution in [0.25, 0.3) is 0 Å². The molecule has 1 aromatic rings. The molecule has 1 atom stereocenters. The number of aliphatic imine (C=N–C) groups is 1. The number of nitrogens with one attached hydrogen (secondary N) is 2. The van der Waals surface area contributed by atoms with Crippen LogP contribution in [0.1, 0.15) is 52.3 Å². The molecule has 1 rings (SSSR count). The van der Waals surface area contributed by atoms with Crippen molar-refractivity contribution in [1.29, 1.82) is 0 Å². The van der Waals surface area contributed by atoms with Crippen molar-refractivity contribution in [2.75, 3.05) is 26.2 Å². The molecule has 0 aromatic carbocycles. The quantitative estimate of drug-likeness (QED) is 0.506. The Balaban J connectivity index is 2.41. The summed E-state index contributed by atoms with van der Waals surface area (Å²) in [7, 11) is 0. The van der Waals surface area contributed by atoms with Crippen molar-refractivity contribution >= 4 is 5.96 Å². The molecule has 0 aliphatic carbocycles. The third-order valence-electron chi connectivity index (χ3n) is 3.68. The SMILES string of the molecule is CCNC(=NCc1nc(C)no1)NC(C)CCCN(CC)CC. The van der Waals surface area contributed by atoms with Gasteiger partial charge in [-0.15, -0.1) is 0 Å². The Morgan fingerprint density at radius 1 is 1.30 bits per heavy atom. The van der Waals surface area contributed by atoms with Crippen molar-refractivity contribution in [3.8, 4) is 0 Å². The molecule has 0 radical (unpaired) electrons. The normalized spacial score (nSPS) is 13.4. The summed E-state index contributed by atoms with van der Waals surface area (Å²) in [5.41, 5.74) is 0. The molecule has 0 bridgehead atoms. The van der Waals surface area contributed by atoms with Crippen molar-refractivity contribution in [1.82, 2.24) is 25.7 Å². The summed E-state index contributed by atoms with van der Waals surface area (Å²) in [5.74, 6) is 1.96. The van der Waals surface area contributed by atoms with Crippen molar-refractivity contribution in [2.45, 2.75) is 60.0 Å². The van der Waals surface area contributed by atoms with Crippen LogP contribution in [-0.4, -0.2) is 53.2 Å². The summed E-state index contributed by atoms with van der Waals surface area (Å²) in [4.78, 5) is 11.1. The summed E-state index contributed by atoms with van der Waals surface area (Å²) in [6, 6.07) is 0.368. The van der Waals surface area contributed by atoms with E-state index in [2.05, 4.69) is 58.4 Å². The molecular weight excluding hydrogens is 292 g/mol. The summed E-state index contributed by atoms with van der Waals surface area (Å²) < 4.78 is 5.08. The molecule has 0 aliphatic rings. The number of hydrogen-bond donors (Lipinski definition) is 2. The maximum absolute atomic E-state index is 5.08. The monoisotopic (exact) mass is 324 g/mol. The number of aromatic nitrogens is 2. The standard InChI is InChI=1S/C16H32N6O/c1-6-17-16(18-12-15-20-14(5)21-23-15)19-13(4)10-9-11-22(7-2)8-3/h13H,6-12H2,1-5H3,(H2,17,18,19). The van der Waals surface area contributed by atoms with Gasteiger partial charge in [-0.25, -0.2) is 4.99 Å². The van der Waals surface area contributed by atoms with Gasteiger partial charge in [0.05, 0.1) is 0 Å². The van der Waals surface area contributed by atoms with Crippen LogP contribution in [0.5, 0.6) is 0 Å². The largest absolute Gasteiger partial charge is 0.357 e. The van der Waals surface area contributed by atoms with Crippen molar-refractivity contribution < 1.29 is 4.52 Å². The van der Waals surface area contributed by atoms with Gasteiger partial charge in [0, 0.05) is 12.6 Å². The summed E-state index contributed by atoms with van der Waals surface area (Å²) in [5, 5.41) is 10.5. The fraction of sp³-hybridized carbons (Fsp3) is 0.812. The maximum Gasteiger partial charge on any atom is 0.248 e. The highest BCUT2D eigenvalue weighted by atomic mass is 16.5. The minimum Gasteiger partial charge on any atom is -0.357 e. The molecule has 0 amide bonds. The zero-order chi connectivity index (χ0) is 17.1. The van der Waals surface area contributed by atoms with E-state index in [4.69, 9.17) is 4.52 Å². The second-order valence-electron chi connectivity index (χ2n) is 5.64. The van der Waals surface area contributed by atoms with E-state index in [0.717, 1.165) is 38.6 Å². The lowest BCUT2D eigenvalue weighted by Crippen LogP contribution is -2.42. The van der Waals surface area contributed by atoms with Crippen LogP contribution in [-0.2, 0) is 6.54 Å². The predicted molar refractivity (Wildman–Crippen MR) is 93.5 cm³/mol. The maximum atomic E-state index is 5.08. The first-order valence-corrected chi connectivity index (χ1v) is 8.65. The molecule has 7 heteroatoms. The van der Waals surface area contributed by atoms with Gasteiger partial charge < -0.3 is 20.1 Å². The summed E-state index contributed by atoms with van der Waals surface area (Å²) >= 11 is 0. The third kappa shape index (κ3) is 7.97. The zero-order valence-corrected chi connectivity index (χ0v) is 15.2. The van der Waals surface area contributed by atoms with E-state index in [1.165, 1.54) is 6.42 Å². The van der Waals surface area contributed by atoms with Crippen LogP contribution >= 0.6 is 0 Å². The molecule has 0 aliphatic heterocycles. The van der Waals surface area contributed by atoms with Gasteiger partial charge in [-0.1, -0.05) is 19.0 Å². The molecule has 1 aromatic heterocycles. The fourth-order valence-electron chi connectivity index (χ4n) is 2.34. The number of nitrogens with zero attached hydrogens (tertiary/aromatic N) is 4. The van der Waals surface area contributed by atoms with E-state index in [1.807, 2.05) is 0 Å². The van der Waals surface area contributed by atoms with Crippen molar-refractivity contribution in [3.63, 3.8) is 0 Å². The third-order valence-corrected chi connectivity index (χ3v) is 3.68. The molecule has 1 heterocycles. The molecule has 23 heavy (non-hydrogen) atoms. The Bertz CT molecular complexity index is 455. The van der Waals surface area contributed by atoms with Crippen molar-refractivity contribution in [2.24, 2.45) is 4.99 Å². The zero-order valence-electron chi connectivity index (χ0n) is 15.2. The van der Waals surface area contributed by atoms with Crippen molar-refractivity contribution in [3.05, 3.63) is 11.7 Å². The van der Waals surface area contributed by atoms with E-state index in [1.54, 1.807) is 6.92 Å². The van der Waals surface area contributed by atoms with E-state index in [9.17, 15) is 0 Å². The molecular formula is C16H32N6O. The molecule has 0 saturated carbocycles. The molecule has 7 nitrogen and oxygen atoms in total. The van der Waals surface area contributed by atoms with Crippen LogP contribution in [0, 0.1) is 6.92 Å². The van der Waals surface area contributed by atoms with Gasteiger partial charge in [-0.2, -0.15) is 4.98 Å². The fourth-order valence-corrected chi connectivity index (χ4v) is 2.34. The van der Waals surface area contributed by atoms with Crippen LogP contribution in [0.2, 0.25) is 0 Å². The number of rotatable bonds is 10. The van der Waals surface area contributed by atoms with Gasteiger partial charge in [0.2, 0.25) is 5.89 Å². The first kappa shape index (κ1) is 19.4. The minimum absolute atomic E-state index is 0.368. The van der Waals surface area contributed by atoms with E-state index in [0.29, 0.717) is 24.3 Å².